The maximum absolute atomic E-state index is 12.5. The zero-order chi connectivity index (χ0) is 22.7. The molecule has 0 bridgehead atoms. The van der Waals surface area contributed by atoms with E-state index in [1.165, 1.54) is 5.56 Å². The number of carbonyl (C=O) groups excluding carboxylic acids is 1. The number of nitrogens with two attached hydrogens (primary N) is 1. The number of rotatable bonds is 8. The van der Waals surface area contributed by atoms with Gasteiger partial charge in [0.25, 0.3) is 0 Å². The van der Waals surface area contributed by atoms with Gasteiger partial charge in [0.1, 0.15) is 0 Å². The second-order valence-electron chi connectivity index (χ2n) is 8.40. The third-order valence-electron chi connectivity index (χ3n) is 6.27. The Balaban J connectivity index is 1.65. The van der Waals surface area contributed by atoms with Gasteiger partial charge < -0.3 is 16.0 Å². The van der Waals surface area contributed by atoms with Gasteiger partial charge in [0.15, 0.2) is 0 Å². The van der Waals surface area contributed by atoms with Crippen LogP contribution in [0.1, 0.15) is 29.9 Å². The summed E-state index contributed by atoms with van der Waals surface area (Å²) in [5.41, 5.74) is 10.6. The van der Waals surface area contributed by atoms with Crippen molar-refractivity contribution < 1.29 is 13.2 Å². The molecule has 4 rings (SSSR count). The van der Waals surface area contributed by atoms with E-state index < -0.39 is 10.0 Å². The van der Waals surface area contributed by atoms with Gasteiger partial charge in [-0.25, -0.2) is 12.7 Å². The van der Waals surface area contributed by atoms with Crippen molar-refractivity contribution in [3.8, 4) is 11.1 Å². The van der Waals surface area contributed by atoms with Crippen LogP contribution < -0.4 is 11.1 Å². The van der Waals surface area contributed by atoms with Crippen molar-refractivity contribution in [2.75, 3.05) is 32.4 Å². The predicted octanol–water partition coefficient (Wildman–Crippen LogP) is 2.59. The molecule has 1 aliphatic rings. The average molecular weight is 455 g/mol. The fourth-order valence-corrected chi connectivity index (χ4v) is 6.08. The molecule has 3 aromatic rings. The minimum absolute atomic E-state index is 0.123. The van der Waals surface area contributed by atoms with E-state index in [9.17, 15) is 13.2 Å². The van der Waals surface area contributed by atoms with E-state index in [0.29, 0.717) is 19.6 Å². The Morgan fingerprint density at radius 2 is 1.88 bits per heavy atom. The molecule has 0 spiro atoms. The van der Waals surface area contributed by atoms with Crippen LogP contribution in [0.4, 0.5) is 0 Å². The van der Waals surface area contributed by atoms with Crippen molar-refractivity contribution in [1.82, 2.24) is 14.6 Å². The highest BCUT2D eigenvalue weighted by Gasteiger charge is 2.29. The SMILES string of the molecule is CNCCS(=O)(=O)N1CCC(c2c[nH]c3c(CC(N)=O)cc(-c4ccccc4)cc23)CC1. The second-order valence-corrected chi connectivity index (χ2v) is 10.5. The Hall–Kier alpha value is -2.68. The van der Waals surface area contributed by atoms with E-state index in [1.807, 2.05) is 30.5 Å². The molecule has 0 atom stereocenters. The van der Waals surface area contributed by atoms with Gasteiger partial charge in [-0.15, -0.1) is 0 Å². The number of primary amides is 1. The van der Waals surface area contributed by atoms with E-state index >= 15 is 0 Å². The summed E-state index contributed by atoms with van der Waals surface area (Å²) >= 11 is 0. The number of nitrogens with one attached hydrogen (secondary N) is 2. The van der Waals surface area contributed by atoms with Crippen LogP contribution in [0.15, 0.2) is 48.7 Å². The normalized spacial score (nSPS) is 15.9. The van der Waals surface area contributed by atoms with Crippen LogP contribution in [-0.2, 0) is 21.2 Å². The van der Waals surface area contributed by atoms with E-state index in [2.05, 4.69) is 28.5 Å². The van der Waals surface area contributed by atoms with Crippen LogP contribution in [0.5, 0.6) is 0 Å². The lowest BCUT2D eigenvalue weighted by Crippen LogP contribution is -2.40. The summed E-state index contributed by atoms with van der Waals surface area (Å²) in [5, 5.41) is 3.99. The summed E-state index contributed by atoms with van der Waals surface area (Å²) in [6, 6.07) is 14.3. The number of hydrogen-bond donors (Lipinski definition) is 3. The van der Waals surface area contributed by atoms with E-state index in [1.54, 1.807) is 11.4 Å². The van der Waals surface area contributed by atoms with E-state index in [4.69, 9.17) is 5.73 Å². The number of aromatic amines is 1. The first-order valence-electron chi connectivity index (χ1n) is 11.0. The minimum atomic E-state index is -3.23. The van der Waals surface area contributed by atoms with Gasteiger partial charge in [-0.1, -0.05) is 30.3 Å². The summed E-state index contributed by atoms with van der Waals surface area (Å²) in [5.74, 6) is 0.0118. The molecule has 2 aromatic carbocycles. The van der Waals surface area contributed by atoms with Crippen molar-refractivity contribution in [2.24, 2.45) is 5.73 Å². The Kier molecular flexibility index (Phi) is 6.64. The lowest BCUT2D eigenvalue weighted by atomic mass is 9.88. The number of nitrogens with zero attached hydrogens (tertiary/aromatic N) is 1. The van der Waals surface area contributed by atoms with E-state index in [-0.39, 0.29) is 24.0 Å². The molecule has 170 valence electrons. The third-order valence-corrected chi connectivity index (χ3v) is 8.14. The largest absolute Gasteiger partial charge is 0.369 e. The van der Waals surface area contributed by atoms with Gasteiger partial charge in [-0.05, 0) is 60.2 Å². The van der Waals surface area contributed by atoms with Crippen LogP contribution in [-0.4, -0.2) is 56.0 Å². The lowest BCUT2D eigenvalue weighted by molar-refractivity contribution is -0.117. The van der Waals surface area contributed by atoms with E-state index in [0.717, 1.165) is 40.4 Å². The number of amides is 1. The summed E-state index contributed by atoms with van der Waals surface area (Å²) in [6.45, 7) is 1.50. The fraction of sp³-hybridized carbons (Fsp3) is 0.375. The lowest BCUT2D eigenvalue weighted by Gasteiger charge is -2.31. The zero-order valence-corrected chi connectivity index (χ0v) is 19.1. The molecule has 1 fully saturated rings. The molecule has 0 radical (unpaired) electrons. The molecular weight excluding hydrogens is 424 g/mol. The van der Waals surface area contributed by atoms with Crippen LogP contribution >= 0.6 is 0 Å². The van der Waals surface area contributed by atoms with Crippen molar-refractivity contribution in [3.63, 3.8) is 0 Å². The molecule has 0 saturated carbocycles. The maximum atomic E-state index is 12.5. The highest BCUT2D eigenvalue weighted by atomic mass is 32.2. The Morgan fingerprint density at radius 1 is 1.16 bits per heavy atom. The molecule has 1 aliphatic heterocycles. The third kappa shape index (κ3) is 4.72. The highest BCUT2D eigenvalue weighted by molar-refractivity contribution is 7.89. The number of fused-ring (bicyclic) bond motifs is 1. The van der Waals surface area contributed by atoms with Crippen molar-refractivity contribution in [3.05, 3.63) is 59.8 Å². The van der Waals surface area contributed by atoms with Gasteiger partial charge in [0, 0.05) is 36.7 Å². The highest BCUT2D eigenvalue weighted by Crippen LogP contribution is 2.37. The molecule has 7 nitrogen and oxygen atoms in total. The number of carbonyl (C=O) groups is 1. The van der Waals surface area contributed by atoms with Gasteiger partial charge in [-0.2, -0.15) is 0 Å². The summed E-state index contributed by atoms with van der Waals surface area (Å²) in [7, 11) is -1.47. The Morgan fingerprint density at radius 3 is 2.53 bits per heavy atom. The molecule has 0 aliphatic carbocycles. The topological polar surface area (TPSA) is 108 Å². The number of aromatic nitrogens is 1. The number of hydrogen-bond acceptors (Lipinski definition) is 4. The molecule has 1 amide bonds. The van der Waals surface area contributed by atoms with Crippen molar-refractivity contribution in [2.45, 2.75) is 25.2 Å². The van der Waals surface area contributed by atoms with Crippen molar-refractivity contribution >= 4 is 26.8 Å². The first-order chi connectivity index (χ1) is 15.4. The zero-order valence-electron chi connectivity index (χ0n) is 18.3. The molecule has 1 saturated heterocycles. The fourth-order valence-electron chi connectivity index (χ4n) is 4.60. The molecule has 0 unspecified atom stereocenters. The van der Waals surface area contributed by atoms with Crippen LogP contribution in [0, 0.1) is 0 Å². The quantitative estimate of drug-likeness (QED) is 0.486. The first-order valence-corrected chi connectivity index (χ1v) is 12.6. The monoisotopic (exact) mass is 454 g/mol. The van der Waals surface area contributed by atoms with Crippen molar-refractivity contribution in [1.29, 1.82) is 0 Å². The standard InChI is InChI=1S/C24H30N4O3S/c1-26-9-12-32(30,31)28-10-7-18(8-11-28)22-16-27-24-20(15-23(25)29)13-19(14-21(22)24)17-5-3-2-4-6-17/h2-6,13-14,16,18,26-27H,7-12,15H2,1H3,(H2,25,29). The molecule has 32 heavy (non-hydrogen) atoms. The van der Waals surface area contributed by atoms with Gasteiger partial charge in [0.05, 0.1) is 12.2 Å². The number of benzene rings is 2. The van der Waals surface area contributed by atoms with Gasteiger partial charge in [-0.3, -0.25) is 4.79 Å². The molecular formula is C24H30N4O3S. The smallest absolute Gasteiger partial charge is 0.221 e. The predicted molar refractivity (Wildman–Crippen MR) is 128 cm³/mol. The summed E-state index contributed by atoms with van der Waals surface area (Å²) in [4.78, 5) is 15.1. The maximum Gasteiger partial charge on any atom is 0.221 e. The molecule has 4 N–H and O–H groups in total. The van der Waals surface area contributed by atoms with Gasteiger partial charge in [0.2, 0.25) is 15.9 Å². The number of H-pyrrole nitrogens is 1. The molecule has 8 heteroatoms. The molecule has 1 aromatic heterocycles. The Labute approximate surface area is 189 Å². The first kappa shape index (κ1) is 22.5. The minimum Gasteiger partial charge on any atom is -0.369 e. The number of piperidine rings is 1. The Bertz CT molecular complexity index is 1200. The van der Waals surface area contributed by atoms with Crippen LogP contribution in [0.2, 0.25) is 0 Å². The molecule has 2 heterocycles. The van der Waals surface area contributed by atoms with Gasteiger partial charge >= 0.3 is 0 Å². The van der Waals surface area contributed by atoms with Crippen LogP contribution in [0.3, 0.4) is 0 Å². The second kappa shape index (κ2) is 9.44. The average Bonchev–Trinajstić information content (AvgIpc) is 3.22. The summed E-state index contributed by atoms with van der Waals surface area (Å²) in [6.07, 6.45) is 3.72. The number of sulfonamides is 1. The summed E-state index contributed by atoms with van der Waals surface area (Å²) < 4.78 is 26.7. The van der Waals surface area contributed by atoms with Crippen LogP contribution in [0.25, 0.3) is 22.0 Å².